The Bertz CT molecular complexity index is 582. The van der Waals surface area contributed by atoms with Gasteiger partial charge in [-0.1, -0.05) is 5.21 Å². The molecule has 0 spiro atoms. The average molecular weight is 218 g/mol. The molecule has 0 bridgehead atoms. The van der Waals surface area contributed by atoms with Crippen molar-refractivity contribution in [2.24, 2.45) is 0 Å². The molecule has 0 radical (unpaired) electrons. The number of aromatic amines is 1. The van der Waals surface area contributed by atoms with Gasteiger partial charge >= 0.3 is 0 Å². The number of H-pyrrole nitrogens is 1. The Morgan fingerprint density at radius 1 is 1.31 bits per heavy atom. The van der Waals surface area contributed by atoms with E-state index in [0.717, 1.165) is 0 Å². The molecular formula is C6H6N10. The molecule has 10 nitrogen and oxygen atoms in total. The van der Waals surface area contributed by atoms with Crippen LogP contribution in [0.1, 0.15) is 5.82 Å². The molecule has 0 unspecified atom stereocenters. The number of rotatable bonds is 3. The maximum atomic E-state index is 3.99. The summed E-state index contributed by atoms with van der Waals surface area (Å²) < 4.78 is 1.53. The molecule has 0 aliphatic carbocycles. The van der Waals surface area contributed by atoms with E-state index in [2.05, 4.69) is 46.5 Å². The van der Waals surface area contributed by atoms with Gasteiger partial charge in [-0.3, -0.25) is 4.98 Å². The van der Waals surface area contributed by atoms with Crippen LogP contribution in [-0.2, 0) is 6.54 Å². The lowest BCUT2D eigenvalue weighted by molar-refractivity contribution is 0.815. The van der Waals surface area contributed by atoms with E-state index in [-0.39, 0.29) is 0 Å². The Hall–Kier alpha value is -2.65. The molecule has 16 heavy (non-hydrogen) atoms. The Morgan fingerprint density at radius 3 is 3.19 bits per heavy atom. The second kappa shape index (κ2) is 3.49. The number of hydrogen-bond donors (Lipinski definition) is 2. The van der Waals surface area contributed by atoms with Crippen LogP contribution in [-0.4, -0.2) is 45.6 Å². The van der Waals surface area contributed by atoms with Crippen molar-refractivity contribution in [2.45, 2.75) is 6.54 Å². The molecular weight excluding hydrogens is 212 g/mol. The molecule has 10 heteroatoms. The summed E-state index contributed by atoms with van der Waals surface area (Å²) in [4.78, 5) is 3.99. The highest BCUT2D eigenvalue weighted by Crippen LogP contribution is 2.06. The summed E-state index contributed by atoms with van der Waals surface area (Å²) in [6.45, 7) is 0.414. The van der Waals surface area contributed by atoms with Gasteiger partial charge in [0.15, 0.2) is 17.3 Å². The Balaban J connectivity index is 1.86. The van der Waals surface area contributed by atoms with Gasteiger partial charge in [0.05, 0.1) is 18.9 Å². The van der Waals surface area contributed by atoms with Crippen LogP contribution in [0.2, 0.25) is 0 Å². The highest BCUT2D eigenvalue weighted by molar-refractivity contribution is 5.43. The summed E-state index contributed by atoms with van der Waals surface area (Å²) in [5, 5.41) is 27.6. The molecule has 0 fully saturated rings. The predicted octanol–water partition coefficient (Wildman–Crippen LogP) is -1.36. The molecule has 3 aromatic rings. The minimum Gasteiger partial charge on any atom is -0.361 e. The third kappa shape index (κ3) is 1.41. The second-order valence-electron chi connectivity index (χ2n) is 2.92. The number of nitrogens with one attached hydrogen (secondary N) is 2. The minimum atomic E-state index is 0.414. The zero-order valence-electron chi connectivity index (χ0n) is 7.94. The minimum absolute atomic E-state index is 0.414. The van der Waals surface area contributed by atoms with Gasteiger partial charge in [0.2, 0.25) is 0 Å². The van der Waals surface area contributed by atoms with Crippen LogP contribution in [0.4, 0.5) is 5.82 Å². The van der Waals surface area contributed by atoms with E-state index in [4.69, 9.17) is 0 Å². The third-order valence-corrected chi connectivity index (χ3v) is 1.93. The molecule has 0 aromatic carbocycles. The topological polar surface area (TPSA) is 122 Å². The molecule has 0 aliphatic rings. The van der Waals surface area contributed by atoms with E-state index in [1.807, 2.05) is 0 Å². The van der Waals surface area contributed by atoms with Gasteiger partial charge in [-0.25, -0.2) is 0 Å². The van der Waals surface area contributed by atoms with Crippen molar-refractivity contribution in [3.63, 3.8) is 0 Å². The number of fused-ring (bicyclic) bond motifs is 1. The predicted molar refractivity (Wildman–Crippen MR) is 50.1 cm³/mol. The highest BCUT2D eigenvalue weighted by Gasteiger charge is 2.04. The van der Waals surface area contributed by atoms with Gasteiger partial charge in [-0.05, 0) is 10.4 Å². The monoisotopic (exact) mass is 218 g/mol. The van der Waals surface area contributed by atoms with Gasteiger partial charge in [-0.15, -0.1) is 15.3 Å². The van der Waals surface area contributed by atoms with Gasteiger partial charge < -0.3 is 5.32 Å². The maximum absolute atomic E-state index is 3.99. The zero-order valence-corrected chi connectivity index (χ0v) is 7.94. The van der Waals surface area contributed by atoms with Gasteiger partial charge in [0.25, 0.3) is 0 Å². The van der Waals surface area contributed by atoms with E-state index < -0.39 is 0 Å². The zero-order chi connectivity index (χ0) is 10.8. The largest absolute Gasteiger partial charge is 0.361 e. The van der Waals surface area contributed by atoms with Crippen molar-refractivity contribution < 1.29 is 0 Å². The molecule has 3 aromatic heterocycles. The number of nitrogens with zero attached hydrogens (tertiary/aromatic N) is 8. The normalized spacial score (nSPS) is 10.8. The summed E-state index contributed by atoms with van der Waals surface area (Å²) in [6.07, 6.45) is 3.18. The van der Waals surface area contributed by atoms with E-state index in [0.29, 0.717) is 23.8 Å². The summed E-state index contributed by atoms with van der Waals surface area (Å²) in [7, 11) is 0. The fourth-order valence-corrected chi connectivity index (χ4v) is 1.22. The van der Waals surface area contributed by atoms with Crippen LogP contribution in [0, 0.1) is 0 Å². The number of aromatic nitrogens is 9. The van der Waals surface area contributed by atoms with Crippen LogP contribution in [0.25, 0.3) is 5.65 Å². The molecule has 0 aliphatic heterocycles. The van der Waals surface area contributed by atoms with E-state index in [1.54, 1.807) is 12.4 Å². The molecule has 80 valence electrons. The van der Waals surface area contributed by atoms with Gasteiger partial charge in [-0.2, -0.15) is 9.73 Å². The molecule has 0 atom stereocenters. The van der Waals surface area contributed by atoms with Gasteiger partial charge in [0, 0.05) is 0 Å². The SMILES string of the molecule is c1ncc2nnnn2c1NCc1nn[nH]n1. The fraction of sp³-hybridized carbons (Fsp3) is 0.167. The summed E-state index contributed by atoms with van der Waals surface area (Å²) in [5.41, 5.74) is 0.568. The van der Waals surface area contributed by atoms with E-state index in [9.17, 15) is 0 Å². The molecule has 3 rings (SSSR count). The van der Waals surface area contributed by atoms with E-state index in [1.165, 1.54) is 4.52 Å². The number of tetrazole rings is 2. The van der Waals surface area contributed by atoms with Crippen LogP contribution in [0.15, 0.2) is 12.4 Å². The van der Waals surface area contributed by atoms with Crippen molar-refractivity contribution in [1.82, 2.24) is 45.6 Å². The Kier molecular flexibility index (Phi) is 1.89. The lowest BCUT2D eigenvalue weighted by atomic mass is 10.5. The molecule has 2 N–H and O–H groups in total. The first-order chi connectivity index (χ1) is 7.93. The third-order valence-electron chi connectivity index (χ3n) is 1.93. The number of hydrogen-bond acceptors (Lipinski definition) is 8. The summed E-state index contributed by atoms with van der Waals surface area (Å²) in [5.74, 6) is 1.21. The summed E-state index contributed by atoms with van der Waals surface area (Å²) in [6, 6.07) is 0. The van der Waals surface area contributed by atoms with Crippen LogP contribution in [0.5, 0.6) is 0 Å². The quantitative estimate of drug-likeness (QED) is 0.552. The second-order valence-corrected chi connectivity index (χ2v) is 2.92. The molecule has 0 saturated heterocycles. The Labute approximate surface area is 88.1 Å². The molecule has 0 amide bonds. The van der Waals surface area contributed by atoms with Crippen molar-refractivity contribution >= 4 is 11.5 Å². The van der Waals surface area contributed by atoms with Crippen molar-refractivity contribution in [3.05, 3.63) is 18.2 Å². The fourth-order valence-electron chi connectivity index (χ4n) is 1.22. The standard InChI is InChI=1S/C6H6N10/c1(4-9-12-13-10-4)8-5-2-7-3-6-11-14-15-16(5)6/h2-3,8H,1H2,(H,9,10,12,13). The molecule has 0 saturated carbocycles. The average Bonchev–Trinajstić information content (AvgIpc) is 2.97. The van der Waals surface area contributed by atoms with Crippen molar-refractivity contribution in [1.29, 1.82) is 0 Å². The maximum Gasteiger partial charge on any atom is 0.199 e. The lowest BCUT2D eigenvalue weighted by Gasteiger charge is -2.03. The van der Waals surface area contributed by atoms with Crippen LogP contribution < -0.4 is 5.32 Å². The highest BCUT2D eigenvalue weighted by atomic mass is 15.5. The smallest absolute Gasteiger partial charge is 0.199 e. The first-order valence-corrected chi connectivity index (χ1v) is 4.42. The van der Waals surface area contributed by atoms with Crippen molar-refractivity contribution in [3.8, 4) is 0 Å². The van der Waals surface area contributed by atoms with Crippen LogP contribution >= 0.6 is 0 Å². The summed E-state index contributed by atoms with van der Waals surface area (Å²) >= 11 is 0. The first-order valence-electron chi connectivity index (χ1n) is 4.42. The molecule has 3 heterocycles. The van der Waals surface area contributed by atoms with Crippen molar-refractivity contribution in [2.75, 3.05) is 5.32 Å². The van der Waals surface area contributed by atoms with Crippen LogP contribution in [0.3, 0.4) is 0 Å². The van der Waals surface area contributed by atoms with Gasteiger partial charge in [0.1, 0.15) is 0 Å². The number of anilines is 1. The Morgan fingerprint density at radius 2 is 2.31 bits per heavy atom. The lowest BCUT2D eigenvalue weighted by Crippen LogP contribution is -2.07. The van der Waals surface area contributed by atoms with E-state index >= 15 is 0 Å². The first kappa shape index (κ1) is 8.64.